The minimum Gasteiger partial charge on any atom is -0.381 e. The van der Waals surface area contributed by atoms with Crippen LogP contribution in [0.3, 0.4) is 0 Å². The molecule has 1 rings (SSSR count). The Morgan fingerprint density at radius 1 is 1.50 bits per heavy atom. The third-order valence-electron chi connectivity index (χ3n) is 1.92. The zero-order chi connectivity index (χ0) is 10.4. The number of rotatable bonds is 6. The highest BCUT2D eigenvalue weighted by molar-refractivity contribution is 4.92. The summed E-state index contributed by atoms with van der Waals surface area (Å²) in [5.41, 5.74) is 5.75. The molecule has 0 spiro atoms. The van der Waals surface area contributed by atoms with Crippen LogP contribution >= 0.6 is 0 Å². The van der Waals surface area contributed by atoms with E-state index < -0.39 is 0 Å². The first-order valence-corrected chi connectivity index (χ1v) is 4.93. The summed E-state index contributed by atoms with van der Waals surface area (Å²) in [4.78, 5) is 4.17. The van der Waals surface area contributed by atoms with E-state index in [0.29, 0.717) is 31.3 Å². The van der Waals surface area contributed by atoms with Crippen LogP contribution in [0.5, 0.6) is 0 Å². The third-order valence-corrected chi connectivity index (χ3v) is 1.92. The zero-order valence-electron chi connectivity index (χ0n) is 8.69. The van der Waals surface area contributed by atoms with Crippen molar-refractivity contribution in [1.82, 2.24) is 10.1 Å². The minimum atomic E-state index is -0.125. The summed E-state index contributed by atoms with van der Waals surface area (Å²) in [7, 11) is 0. The summed E-state index contributed by atoms with van der Waals surface area (Å²) in [5.74, 6) is 1.18. The van der Waals surface area contributed by atoms with Crippen molar-refractivity contribution in [1.29, 1.82) is 0 Å². The lowest BCUT2D eigenvalue weighted by molar-refractivity contribution is 0.144. The van der Waals surface area contributed by atoms with E-state index in [2.05, 4.69) is 10.1 Å². The van der Waals surface area contributed by atoms with Gasteiger partial charge in [0.15, 0.2) is 5.82 Å². The molecule has 1 atom stereocenters. The highest BCUT2D eigenvalue weighted by atomic mass is 16.5. The predicted octanol–water partition coefficient (Wildman–Crippen LogP) is 1.06. The van der Waals surface area contributed by atoms with Crippen molar-refractivity contribution in [2.75, 3.05) is 13.2 Å². The molecule has 1 aromatic heterocycles. The van der Waals surface area contributed by atoms with Crippen LogP contribution in [0.2, 0.25) is 0 Å². The van der Waals surface area contributed by atoms with Crippen molar-refractivity contribution in [2.24, 2.45) is 5.73 Å². The lowest BCUT2D eigenvalue weighted by Gasteiger charge is -1.99. The monoisotopic (exact) mass is 199 g/mol. The van der Waals surface area contributed by atoms with Gasteiger partial charge < -0.3 is 15.0 Å². The number of hydrogen-bond donors (Lipinski definition) is 1. The Labute approximate surface area is 83.6 Å². The van der Waals surface area contributed by atoms with Gasteiger partial charge in [-0.1, -0.05) is 12.1 Å². The predicted molar refractivity (Wildman–Crippen MR) is 51.7 cm³/mol. The zero-order valence-corrected chi connectivity index (χ0v) is 8.69. The Bertz CT molecular complexity index is 262. The first kappa shape index (κ1) is 11.1. The second-order valence-corrected chi connectivity index (χ2v) is 3.01. The highest BCUT2D eigenvalue weighted by Crippen LogP contribution is 2.09. The number of nitrogens with two attached hydrogens (primary N) is 1. The molecule has 80 valence electrons. The van der Waals surface area contributed by atoms with Gasteiger partial charge in [0.25, 0.3) is 0 Å². The van der Waals surface area contributed by atoms with E-state index in [1.807, 2.05) is 13.8 Å². The summed E-state index contributed by atoms with van der Waals surface area (Å²) >= 11 is 0. The third kappa shape index (κ3) is 3.08. The molecular formula is C9H17N3O2. The Morgan fingerprint density at radius 2 is 2.29 bits per heavy atom. The van der Waals surface area contributed by atoms with Gasteiger partial charge in [-0.2, -0.15) is 4.98 Å². The van der Waals surface area contributed by atoms with E-state index in [9.17, 15) is 0 Å². The SMILES string of the molecule is CCOCCc1nc(C(N)CC)no1. The van der Waals surface area contributed by atoms with E-state index in [-0.39, 0.29) is 6.04 Å². The van der Waals surface area contributed by atoms with Crippen molar-refractivity contribution in [3.05, 3.63) is 11.7 Å². The summed E-state index contributed by atoms with van der Waals surface area (Å²) in [6, 6.07) is -0.125. The maximum absolute atomic E-state index is 5.75. The number of ether oxygens (including phenoxy) is 1. The van der Waals surface area contributed by atoms with Gasteiger partial charge >= 0.3 is 0 Å². The molecular weight excluding hydrogens is 182 g/mol. The fourth-order valence-electron chi connectivity index (χ4n) is 1.01. The highest BCUT2D eigenvalue weighted by Gasteiger charge is 2.11. The average molecular weight is 199 g/mol. The van der Waals surface area contributed by atoms with Crippen LogP contribution in [0, 0.1) is 0 Å². The van der Waals surface area contributed by atoms with Crippen LogP contribution in [-0.2, 0) is 11.2 Å². The van der Waals surface area contributed by atoms with Gasteiger partial charge in [-0.3, -0.25) is 0 Å². The lowest BCUT2D eigenvalue weighted by Crippen LogP contribution is -2.10. The van der Waals surface area contributed by atoms with Crippen molar-refractivity contribution < 1.29 is 9.26 Å². The van der Waals surface area contributed by atoms with E-state index in [1.54, 1.807) is 0 Å². The van der Waals surface area contributed by atoms with Gasteiger partial charge in [0.05, 0.1) is 19.1 Å². The van der Waals surface area contributed by atoms with Crippen molar-refractivity contribution >= 4 is 0 Å². The molecule has 14 heavy (non-hydrogen) atoms. The first-order valence-electron chi connectivity index (χ1n) is 4.93. The molecule has 1 unspecified atom stereocenters. The Hall–Kier alpha value is -0.940. The standard InChI is InChI=1S/C9H17N3O2/c1-3-7(10)9-11-8(14-12-9)5-6-13-4-2/h7H,3-6,10H2,1-2H3. The second kappa shape index (κ2) is 5.72. The molecule has 0 bridgehead atoms. The molecule has 0 radical (unpaired) electrons. The van der Waals surface area contributed by atoms with Crippen LogP contribution in [0.15, 0.2) is 4.52 Å². The first-order chi connectivity index (χ1) is 6.77. The quantitative estimate of drug-likeness (QED) is 0.693. The van der Waals surface area contributed by atoms with Crippen LogP contribution in [0.1, 0.15) is 38.0 Å². The van der Waals surface area contributed by atoms with Gasteiger partial charge in [-0.05, 0) is 13.3 Å². The summed E-state index contributed by atoms with van der Waals surface area (Å²) in [6.45, 7) is 5.25. The average Bonchev–Trinajstić information content (AvgIpc) is 2.66. The molecule has 0 aliphatic rings. The molecule has 0 aliphatic heterocycles. The van der Waals surface area contributed by atoms with E-state index >= 15 is 0 Å². The maximum Gasteiger partial charge on any atom is 0.229 e. The van der Waals surface area contributed by atoms with Gasteiger partial charge in [0.1, 0.15) is 0 Å². The molecule has 1 aromatic rings. The fourth-order valence-corrected chi connectivity index (χ4v) is 1.01. The van der Waals surface area contributed by atoms with Crippen molar-refractivity contribution in [3.63, 3.8) is 0 Å². The normalized spacial score (nSPS) is 13.1. The molecule has 0 fully saturated rings. The van der Waals surface area contributed by atoms with Crippen LogP contribution in [0.25, 0.3) is 0 Å². The molecule has 0 saturated heterocycles. The van der Waals surface area contributed by atoms with E-state index in [4.69, 9.17) is 15.0 Å². The molecule has 5 nitrogen and oxygen atoms in total. The number of aromatic nitrogens is 2. The van der Waals surface area contributed by atoms with Gasteiger partial charge in [-0.25, -0.2) is 0 Å². The van der Waals surface area contributed by atoms with E-state index in [0.717, 1.165) is 6.42 Å². The topological polar surface area (TPSA) is 74.2 Å². The van der Waals surface area contributed by atoms with Crippen molar-refractivity contribution in [2.45, 2.75) is 32.7 Å². The largest absolute Gasteiger partial charge is 0.381 e. The molecule has 2 N–H and O–H groups in total. The smallest absolute Gasteiger partial charge is 0.229 e. The Morgan fingerprint density at radius 3 is 2.93 bits per heavy atom. The summed E-state index contributed by atoms with van der Waals surface area (Å²) in [6.07, 6.45) is 1.46. The van der Waals surface area contributed by atoms with Crippen LogP contribution < -0.4 is 5.73 Å². The summed E-state index contributed by atoms with van der Waals surface area (Å²) < 4.78 is 10.2. The Balaban J connectivity index is 2.42. The second-order valence-electron chi connectivity index (χ2n) is 3.01. The van der Waals surface area contributed by atoms with Crippen molar-refractivity contribution in [3.8, 4) is 0 Å². The van der Waals surface area contributed by atoms with Gasteiger partial charge in [-0.15, -0.1) is 0 Å². The van der Waals surface area contributed by atoms with Crippen LogP contribution in [-0.4, -0.2) is 23.4 Å². The molecule has 0 amide bonds. The lowest BCUT2D eigenvalue weighted by atomic mass is 10.2. The van der Waals surface area contributed by atoms with Gasteiger partial charge in [0.2, 0.25) is 5.89 Å². The Kier molecular flexibility index (Phi) is 4.55. The number of nitrogens with zero attached hydrogens (tertiary/aromatic N) is 2. The summed E-state index contributed by atoms with van der Waals surface area (Å²) in [5, 5.41) is 3.80. The molecule has 1 heterocycles. The minimum absolute atomic E-state index is 0.125. The molecule has 0 aromatic carbocycles. The van der Waals surface area contributed by atoms with E-state index in [1.165, 1.54) is 0 Å². The molecule has 5 heteroatoms. The van der Waals surface area contributed by atoms with Gasteiger partial charge in [0, 0.05) is 6.61 Å². The number of hydrogen-bond acceptors (Lipinski definition) is 5. The molecule has 0 aliphatic carbocycles. The van der Waals surface area contributed by atoms with Crippen LogP contribution in [0.4, 0.5) is 0 Å². The fraction of sp³-hybridized carbons (Fsp3) is 0.778. The maximum atomic E-state index is 5.75. The molecule has 0 saturated carbocycles.